The summed E-state index contributed by atoms with van der Waals surface area (Å²) in [6, 6.07) is 8.45. The van der Waals surface area contributed by atoms with Crippen LogP contribution in [0, 0.1) is 0 Å². The Morgan fingerprint density at radius 3 is 2.71 bits per heavy atom. The van der Waals surface area contributed by atoms with Gasteiger partial charge < -0.3 is 10.4 Å². The summed E-state index contributed by atoms with van der Waals surface area (Å²) in [5, 5.41) is 12.7. The SMILES string of the molecule is OC1CCC1NCc1ccccc1Br. The Hall–Kier alpha value is -0.380. The third-order valence-corrected chi connectivity index (χ3v) is 3.52. The van der Waals surface area contributed by atoms with Crippen LogP contribution in [0.5, 0.6) is 0 Å². The minimum Gasteiger partial charge on any atom is -0.392 e. The first-order valence-corrected chi connectivity index (χ1v) is 5.71. The maximum absolute atomic E-state index is 9.38. The van der Waals surface area contributed by atoms with Crippen LogP contribution >= 0.6 is 15.9 Å². The normalized spacial score (nSPS) is 25.9. The van der Waals surface area contributed by atoms with E-state index in [2.05, 4.69) is 27.3 Å². The highest BCUT2D eigenvalue weighted by atomic mass is 79.9. The molecule has 0 amide bonds. The van der Waals surface area contributed by atoms with Crippen molar-refractivity contribution in [2.45, 2.75) is 31.5 Å². The maximum atomic E-state index is 9.38. The van der Waals surface area contributed by atoms with E-state index in [1.165, 1.54) is 5.56 Å². The fraction of sp³-hybridized carbons (Fsp3) is 0.455. The monoisotopic (exact) mass is 255 g/mol. The quantitative estimate of drug-likeness (QED) is 0.867. The van der Waals surface area contributed by atoms with Gasteiger partial charge in [-0.2, -0.15) is 0 Å². The number of rotatable bonds is 3. The second-order valence-corrected chi connectivity index (χ2v) is 4.58. The molecule has 0 spiro atoms. The first kappa shape index (κ1) is 10.1. The van der Waals surface area contributed by atoms with Gasteiger partial charge in [0.1, 0.15) is 0 Å². The van der Waals surface area contributed by atoms with Crippen LogP contribution < -0.4 is 5.32 Å². The molecule has 2 nitrogen and oxygen atoms in total. The van der Waals surface area contributed by atoms with Gasteiger partial charge in [0, 0.05) is 17.1 Å². The summed E-state index contributed by atoms with van der Waals surface area (Å²) in [7, 11) is 0. The zero-order chi connectivity index (χ0) is 9.97. The van der Waals surface area contributed by atoms with Gasteiger partial charge in [-0.3, -0.25) is 0 Å². The van der Waals surface area contributed by atoms with Crippen molar-refractivity contribution >= 4 is 15.9 Å². The number of aliphatic hydroxyl groups excluding tert-OH is 1. The predicted molar refractivity (Wildman–Crippen MR) is 60.0 cm³/mol. The number of nitrogens with one attached hydrogen (secondary N) is 1. The largest absolute Gasteiger partial charge is 0.392 e. The van der Waals surface area contributed by atoms with Gasteiger partial charge >= 0.3 is 0 Å². The van der Waals surface area contributed by atoms with E-state index in [0.717, 1.165) is 23.9 Å². The molecule has 2 atom stereocenters. The average molecular weight is 256 g/mol. The third kappa shape index (κ3) is 2.16. The number of hydrogen-bond acceptors (Lipinski definition) is 2. The molecule has 0 saturated heterocycles. The van der Waals surface area contributed by atoms with Gasteiger partial charge in [0.15, 0.2) is 0 Å². The molecule has 3 heteroatoms. The van der Waals surface area contributed by atoms with Gasteiger partial charge in [-0.05, 0) is 24.5 Å². The lowest BCUT2D eigenvalue weighted by atomic mass is 9.89. The van der Waals surface area contributed by atoms with Gasteiger partial charge in [-0.15, -0.1) is 0 Å². The van der Waals surface area contributed by atoms with Crippen LogP contribution in [0.1, 0.15) is 18.4 Å². The van der Waals surface area contributed by atoms with E-state index in [-0.39, 0.29) is 6.10 Å². The fourth-order valence-electron chi connectivity index (χ4n) is 1.60. The summed E-state index contributed by atoms with van der Waals surface area (Å²) in [6.45, 7) is 0.823. The fourth-order valence-corrected chi connectivity index (χ4v) is 2.03. The highest BCUT2D eigenvalue weighted by Gasteiger charge is 2.27. The second-order valence-electron chi connectivity index (χ2n) is 3.72. The lowest BCUT2D eigenvalue weighted by Crippen LogP contribution is -2.47. The third-order valence-electron chi connectivity index (χ3n) is 2.75. The molecule has 1 aromatic rings. The number of halogens is 1. The van der Waals surface area contributed by atoms with E-state index in [0.29, 0.717) is 6.04 Å². The first-order valence-electron chi connectivity index (χ1n) is 4.92. The second kappa shape index (κ2) is 4.43. The predicted octanol–water partition coefficient (Wildman–Crippen LogP) is 2.06. The zero-order valence-electron chi connectivity index (χ0n) is 7.91. The summed E-state index contributed by atoms with van der Waals surface area (Å²) >= 11 is 3.50. The Kier molecular flexibility index (Phi) is 3.21. The lowest BCUT2D eigenvalue weighted by molar-refractivity contribution is 0.0492. The molecule has 0 radical (unpaired) electrons. The van der Waals surface area contributed by atoms with Crippen molar-refractivity contribution < 1.29 is 5.11 Å². The Balaban J connectivity index is 1.88. The van der Waals surface area contributed by atoms with Crippen LogP contribution in [0.15, 0.2) is 28.7 Å². The van der Waals surface area contributed by atoms with Crippen molar-refractivity contribution in [3.05, 3.63) is 34.3 Å². The summed E-state index contributed by atoms with van der Waals surface area (Å²) in [5.74, 6) is 0. The molecule has 76 valence electrons. The first-order chi connectivity index (χ1) is 6.77. The summed E-state index contributed by atoms with van der Waals surface area (Å²) < 4.78 is 1.13. The van der Waals surface area contributed by atoms with Crippen LogP contribution in [-0.2, 0) is 6.54 Å². The Bertz CT molecular complexity index is 316. The Morgan fingerprint density at radius 2 is 2.14 bits per heavy atom. The molecule has 1 aliphatic rings. The molecule has 1 fully saturated rings. The van der Waals surface area contributed by atoms with Crippen molar-refractivity contribution in [2.75, 3.05) is 0 Å². The molecular weight excluding hydrogens is 242 g/mol. The van der Waals surface area contributed by atoms with E-state index in [1.54, 1.807) is 0 Å². The van der Waals surface area contributed by atoms with Crippen molar-refractivity contribution in [1.82, 2.24) is 5.32 Å². The van der Waals surface area contributed by atoms with Crippen LogP contribution in [0.2, 0.25) is 0 Å². The van der Waals surface area contributed by atoms with Crippen molar-refractivity contribution in [3.8, 4) is 0 Å². The number of aliphatic hydroxyl groups is 1. The minimum atomic E-state index is -0.141. The van der Waals surface area contributed by atoms with Crippen LogP contribution in [0.3, 0.4) is 0 Å². The lowest BCUT2D eigenvalue weighted by Gasteiger charge is -2.33. The van der Waals surface area contributed by atoms with Crippen molar-refractivity contribution in [1.29, 1.82) is 0 Å². The molecule has 0 aliphatic heterocycles. The van der Waals surface area contributed by atoms with Crippen LogP contribution in [-0.4, -0.2) is 17.3 Å². The summed E-state index contributed by atoms with van der Waals surface area (Å²) in [5.41, 5.74) is 1.24. The molecule has 0 heterocycles. The molecule has 0 bridgehead atoms. The van der Waals surface area contributed by atoms with Gasteiger partial charge in [-0.25, -0.2) is 0 Å². The number of benzene rings is 1. The van der Waals surface area contributed by atoms with Gasteiger partial charge in [0.05, 0.1) is 6.10 Å². The van der Waals surface area contributed by atoms with Crippen LogP contribution in [0.25, 0.3) is 0 Å². The molecule has 2 N–H and O–H groups in total. The van der Waals surface area contributed by atoms with E-state index in [9.17, 15) is 5.11 Å². The molecule has 2 unspecified atom stereocenters. The van der Waals surface area contributed by atoms with E-state index >= 15 is 0 Å². The Morgan fingerprint density at radius 1 is 1.36 bits per heavy atom. The van der Waals surface area contributed by atoms with Gasteiger partial charge in [0.2, 0.25) is 0 Å². The number of hydrogen-bond donors (Lipinski definition) is 2. The average Bonchev–Trinajstić information content (AvgIpc) is 2.19. The van der Waals surface area contributed by atoms with Gasteiger partial charge in [0.25, 0.3) is 0 Å². The smallest absolute Gasteiger partial charge is 0.0693 e. The topological polar surface area (TPSA) is 32.3 Å². The molecule has 1 saturated carbocycles. The summed E-state index contributed by atoms with van der Waals surface area (Å²) in [6.07, 6.45) is 1.89. The summed E-state index contributed by atoms with van der Waals surface area (Å²) in [4.78, 5) is 0. The standard InChI is InChI=1S/C11H14BrNO/c12-9-4-2-1-3-8(9)7-13-10-5-6-11(10)14/h1-4,10-11,13-14H,5-7H2. The van der Waals surface area contributed by atoms with E-state index in [1.807, 2.05) is 18.2 Å². The van der Waals surface area contributed by atoms with Crippen LogP contribution in [0.4, 0.5) is 0 Å². The van der Waals surface area contributed by atoms with E-state index < -0.39 is 0 Å². The molecule has 14 heavy (non-hydrogen) atoms. The highest BCUT2D eigenvalue weighted by Crippen LogP contribution is 2.21. The highest BCUT2D eigenvalue weighted by molar-refractivity contribution is 9.10. The molecule has 1 aliphatic carbocycles. The zero-order valence-corrected chi connectivity index (χ0v) is 9.50. The van der Waals surface area contributed by atoms with Gasteiger partial charge in [-0.1, -0.05) is 34.1 Å². The van der Waals surface area contributed by atoms with Crippen molar-refractivity contribution in [2.24, 2.45) is 0 Å². The Labute approximate surface area is 92.5 Å². The molecule has 2 rings (SSSR count). The minimum absolute atomic E-state index is 0.141. The molecule has 1 aromatic carbocycles. The maximum Gasteiger partial charge on any atom is 0.0693 e. The van der Waals surface area contributed by atoms with E-state index in [4.69, 9.17) is 0 Å². The van der Waals surface area contributed by atoms with Crippen molar-refractivity contribution in [3.63, 3.8) is 0 Å². The molecular formula is C11H14BrNO. The molecule has 0 aromatic heterocycles.